The van der Waals surface area contributed by atoms with Gasteiger partial charge in [0.2, 0.25) is 0 Å². The second-order valence-electron chi connectivity index (χ2n) is 9.72. The summed E-state index contributed by atoms with van der Waals surface area (Å²) in [5.41, 5.74) is 4.15. The summed E-state index contributed by atoms with van der Waals surface area (Å²) in [5.74, 6) is -0.282. The van der Waals surface area contributed by atoms with Crippen LogP contribution in [0.15, 0.2) is 43.0 Å². The molecule has 1 spiro atoms. The molecule has 5 heterocycles. The summed E-state index contributed by atoms with van der Waals surface area (Å²) in [6, 6.07) is 6.40. The second kappa shape index (κ2) is 7.28. The fourth-order valence-electron chi connectivity index (χ4n) is 6.15. The van der Waals surface area contributed by atoms with E-state index in [0.717, 1.165) is 48.8 Å². The van der Waals surface area contributed by atoms with Crippen LogP contribution in [0.4, 0.5) is 10.1 Å². The maximum absolute atomic E-state index is 14.2. The second-order valence-corrected chi connectivity index (χ2v) is 9.72. The van der Waals surface area contributed by atoms with Crippen molar-refractivity contribution in [2.24, 2.45) is 5.41 Å². The lowest BCUT2D eigenvalue weighted by Crippen LogP contribution is -2.54. The summed E-state index contributed by atoms with van der Waals surface area (Å²) in [7, 11) is 2.23. The Kier molecular flexibility index (Phi) is 4.51. The number of hydrogen-bond donors (Lipinski definition) is 0. The highest BCUT2D eigenvalue weighted by Gasteiger charge is 2.48. The third-order valence-electron chi connectivity index (χ3n) is 7.56. The van der Waals surface area contributed by atoms with Gasteiger partial charge in [0.25, 0.3) is 0 Å². The van der Waals surface area contributed by atoms with Gasteiger partial charge in [-0.3, -0.25) is 9.88 Å². The molecule has 7 heteroatoms. The summed E-state index contributed by atoms with van der Waals surface area (Å²) in [6.45, 7) is 6.42. The summed E-state index contributed by atoms with van der Waals surface area (Å²) in [6.07, 6.45) is 11.0. The normalized spacial score (nSPS) is 24.2. The van der Waals surface area contributed by atoms with Gasteiger partial charge < -0.3 is 14.2 Å². The number of piperazine rings is 1. The maximum Gasteiger partial charge on any atom is 0.143 e. The monoisotopic (exact) mass is 420 g/mol. The lowest BCUT2D eigenvalue weighted by atomic mass is 9.78. The number of anilines is 1. The summed E-state index contributed by atoms with van der Waals surface area (Å²) in [5, 5.41) is 0. The van der Waals surface area contributed by atoms with Gasteiger partial charge in [-0.25, -0.2) is 9.37 Å². The maximum atomic E-state index is 14.2. The Balaban J connectivity index is 1.20. The molecule has 3 aromatic rings. The zero-order valence-corrected chi connectivity index (χ0v) is 18.0. The van der Waals surface area contributed by atoms with Crippen LogP contribution in [0.25, 0.3) is 16.9 Å². The Morgan fingerprint density at radius 2 is 1.90 bits per heavy atom. The minimum atomic E-state index is -0.282. The van der Waals surface area contributed by atoms with Gasteiger partial charge in [-0.2, -0.15) is 0 Å². The number of rotatable bonds is 3. The van der Waals surface area contributed by atoms with Crippen molar-refractivity contribution < 1.29 is 4.39 Å². The molecular weight excluding hydrogens is 391 g/mol. The fourth-order valence-corrected chi connectivity index (χ4v) is 6.15. The topological polar surface area (TPSA) is 39.9 Å². The predicted octanol–water partition coefficient (Wildman–Crippen LogP) is 3.14. The SMILES string of the molecule is CN1CC2(CCC(N3CCN(c4cc(F)cnc4-c4ccn5ccnc5c4)CC3)C2)C1. The molecule has 3 fully saturated rings. The van der Waals surface area contributed by atoms with Gasteiger partial charge in [-0.1, -0.05) is 0 Å². The van der Waals surface area contributed by atoms with Crippen LogP contribution in [0.2, 0.25) is 0 Å². The number of aromatic nitrogens is 3. The Labute approximate surface area is 182 Å². The van der Waals surface area contributed by atoms with Gasteiger partial charge >= 0.3 is 0 Å². The first-order valence-corrected chi connectivity index (χ1v) is 11.3. The van der Waals surface area contributed by atoms with Crippen LogP contribution in [0.5, 0.6) is 0 Å². The highest BCUT2D eigenvalue weighted by molar-refractivity contribution is 5.77. The van der Waals surface area contributed by atoms with Gasteiger partial charge in [-0.05, 0) is 43.9 Å². The molecule has 1 saturated carbocycles. The van der Waals surface area contributed by atoms with Crippen molar-refractivity contribution in [2.45, 2.75) is 25.3 Å². The van der Waals surface area contributed by atoms with Crippen molar-refractivity contribution in [1.29, 1.82) is 0 Å². The molecule has 0 amide bonds. The third kappa shape index (κ3) is 3.40. The van der Waals surface area contributed by atoms with Crippen LogP contribution in [0.1, 0.15) is 19.3 Å². The van der Waals surface area contributed by atoms with Crippen molar-refractivity contribution in [3.05, 3.63) is 48.8 Å². The largest absolute Gasteiger partial charge is 0.367 e. The van der Waals surface area contributed by atoms with Crippen LogP contribution in [-0.4, -0.2) is 76.5 Å². The van der Waals surface area contributed by atoms with Crippen molar-refractivity contribution >= 4 is 11.3 Å². The van der Waals surface area contributed by atoms with Crippen molar-refractivity contribution in [2.75, 3.05) is 51.2 Å². The van der Waals surface area contributed by atoms with E-state index in [1.54, 1.807) is 12.3 Å². The van der Waals surface area contributed by atoms with Crippen LogP contribution >= 0.6 is 0 Å². The van der Waals surface area contributed by atoms with Crippen LogP contribution < -0.4 is 4.90 Å². The van der Waals surface area contributed by atoms with Crippen molar-refractivity contribution in [3.8, 4) is 11.3 Å². The van der Waals surface area contributed by atoms with Gasteiger partial charge in [0.05, 0.1) is 17.6 Å². The van der Waals surface area contributed by atoms with Gasteiger partial charge in [0.15, 0.2) is 0 Å². The number of imidazole rings is 1. The number of nitrogens with zero attached hydrogens (tertiary/aromatic N) is 6. The van der Waals surface area contributed by atoms with E-state index in [2.05, 4.69) is 31.7 Å². The molecule has 3 aliphatic rings. The highest BCUT2D eigenvalue weighted by Crippen LogP contribution is 2.46. The van der Waals surface area contributed by atoms with Crippen LogP contribution in [0.3, 0.4) is 0 Å². The molecule has 2 aliphatic heterocycles. The number of likely N-dealkylation sites (tertiary alicyclic amines) is 1. The average Bonchev–Trinajstić information content (AvgIpc) is 3.41. The zero-order valence-electron chi connectivity index (χ0n) is 18.0. The Hall–Kier alpha value is -2.51. The van der Waals surface area contributed by atoms with Crippen molar-refractivity contribution in [3.63, 3.8) is 0 Å². The Morgan fingerprint density at radius 3 is 2.71 bits per heavy atom. The number of fused-ring (bicyclic) bond motifs is 1. The van der Waals surface area contributed by atoms with E-state index in [1.807, 2.05) is 28.9 Å². The lowest BCUT2D eigenvalue weighted by molar-refractivity contribution is 0.0204. The molecule has 6 rings (SSSR count). The smallest absolute Gasteiger partial charge is 0.143 e. The molecule has 0 radical (unpaired) electrons. The van der Waals surface area contributed by atoms with E-state index in [-0.39, 0.29) is 5.82 Å². The first kappa shape index (κ1) is 19.2. The number of pyridine rings is 2. The lowest BCUT2D eigenvalue weighted by Gasteiger charge is -2.47. The average molecular weight is 421 g/mol. The van der Waals surface area contributed by atoms with Crippen LogP contribution in [0, 0.1) is 11.2 Å². The minimum Gasteiger partial charge on any atom is -0.367 e. The molecule has 2 saturated heterocycles. The highest BCUT2D eigenvalue weighted by atomic mass is 19.1. The molecule has 3 aromatic heterocycles. The molecule has 0 N–H and O–H groups in total. The molecule has 1 unspecified atom stereocenters. The quantitative estimate of drug-likeness (QED) is 0.651. The van der Waals surface area contributed by atoms with E-state index >= 15 is 0 Å². The van der Waals surface area contributed by atoms with E-state index in [0.29, 0.717) is 11.5 Å². The summed E-state index contributed by atoms with van der Waals surface area (Å²) in [4.78, 5) is 16.3. The summed E-state index contributed by atoms with van der Waals surface area (Å²) < 4.78 is 16.2. The van der Waals surface area contributed by atoms with E-state index < -0.39 is 0 Å². The first-order chi connectivity index (χ1) is 15.1. The fraction of sp³-hybridized carbons (Fsp3) is 0.500. The van der Waals surface area contributed by atoms with Crippen LogP contribution in [-0.2, 0) is 0 Å². The Morgan fingerprint density at radius 1 is 1.06 bits per heavy atom. The van der Waals surface area contributed by atoms with Gasteiger partial charge in [-0.15, -0.1) is 0 Å². The minimum absolute atomic E-state index is 0.282. The van der Waals surface area contributed by atoms with Gasteiger partial charge in [0.1, 0.15) is 11.5 Å². The van der Waals surface area contributed by atoms with E-state index in [4.69, 9.17) is 0 Å². The van der Waals surface area contributed by atoms with Gasteiger partial charge in [0, 0.05) is 75.5 Å². The molecule has 1 aliphatic carbocycles. The van der Waals surface area contributed by atoms with Crippen molar-refractivity contribution in [1.82, 2.24) is 24.2 Å². The predicted molar refractivity (Wildman–Crippen MR) is 120 cm³/mol. The molecule has 1 atom stereocenters. The third-order valence-corrected chi connectivity index (χ3v) is 7.56. The molecule has 0 bridgehead atoms. The number of halogens is 1. The first-order valence-electron chi connectivity index (χ1n) is 11.3. The molecular formula is C24H29FN6. The standard InChI is InChI=1S/C24H29FN6/c1-28-16-24(17-28)4-2-20(14-24)29-8-10-30(11-9-29)21-13-19(25)15-27-23(21)18-3-6-31-7-5-26-22(31)12-18/h3,5-7,12-13,15,20H,2,4,8-11,14,16-17H2,1H3. The Bertz CT molecular complexity index is 1100. The molecule has 6 nitrogen and oxygen atoms in total. The summed E-state index contributed by atoms with van der Waals surface area (Å²) >= 11 is 0. The molecule has 0 aromatic carbocycles. The molecule has 162 valence electrons. The zero-order chi connectivity index (χ0) is 21.0. The molecule has 31 heavy (non-hydrogen) atoms. The van der Waals surface area contributed by atoms with E-state index in [1.165, 1.54) is 38.5 Å². The number of hydrogen-bond acceptors (Lipinski definition) is 5. The van der Waals surface area contributed by atoms with E-state index in [9.17, 15) is 4.39 Å².